The van der Waals surface area contributed by atoms with Crippen LogP contribution in [-0.4, -0.2) is 38.2 Å². The molecule has 0 unspecified atom stereocenters. The van der Waals surface area contributed by atoms with Crippen molar-refractivity contribution in [3.8, 4) is 0 Å². The predicted octanol–water partition coefficient (Wildman–Crippen LogP) is -0.0270. The van der Waals surface area contributed by atoms with E-state index < -0.39 is 34.0 Å². The fourth-order valence-corrected chi connectivity index (χ4v) is 2.74. The Hall–Kier alpha value is -2.26. The Kier molecular flexibility index (Phi) is 5.99. The molecule has 0 aromatic heterocycles. The molecule has 1 aromatic rings. The molecule has 8 nitrogen and oxygen atoms in total. The molecule has 23 heavy (non-hydrogen) atoms. The molecule has 9 heteroatoms. The van der Waals surface area contributed by atoms with Gasteiger partial charge in [0.25, 0.3) is 5.91 Å². The molecule has 0 spiro atoms. The zero-order valence-electron chi connectivity index (χ0n) is 12.9. The number of hydrogen-bond donors (Lipinski definition) is 2. The van der Waals surface area contributed by atoms with Crippen LogP contribution in [0.4, 0.5) is 0 Å². The van der Waals surface area contributed by atoms with Gasteiger partial charge in [-0.2, -0.15) is 4.72 Å². The van der Waals surface area contributed by atoms with Gasteiger partial charge in [0, 0.05) is 5.56 Å². The van der Waals surface area contributed by atoms with Gasteiger partial charge >= 0.3 is 5.97 Å². The third-order valence-electron chi connectivity index (χ3n) is 2.95. The maximum absolute atomic E-state index is 12.2. The lowest BCUT2D eigenvalue weighted by molar-refractivity contribution is -0.155. The van der Waals surface area contributed by atoms with Gasteiger partial charge in [0.1, 0.15) is 6.04 Å². The standard InChI is InChI=1S/C14H18N2O6S/c1-8(14(19)22-10(3)13(15)18)16-23(20,21)12-6-4-11(5-7-12)9(2)17/h4-8,10,16H,1-3H3,(H2,15,18)/t8-,10+/m1/s1. The van der Waals surface area contributed by atoms with E-state index in [1.54, 1.807) is 0 Å². The number of hydrogen-bond acceptors (Lipinski definition) is 6. The van der Waals surface area contributed by atoms with Crippen LogP contribution in [0.3, 0.4) is 0 Å². The lowest BCUT2D eigenvalue weighted by Gasteiger charge is -2.16. The SMILES string of the molecule is CC(=O)c1ccc(S(=O)(=O)N[C@H](C)C(=O)O[C@@H](C)C(N)=O)cc1. The second-order valence-electron chi connectivity index (χ2n) is 4.91. The number of esters is 1. The van der Waals surface area contributed by atoms with Gasteiger partial charge in [-0.25, -0.2) is 8.42 Å². The van der Waals surface area contributed by atoms with Crippen LogP contribution in [0.15, 0.2) is 29.2 Å². The van der Waals surface area contributed by atoms with Crippen LogP contribution in [0, 0.1) is 0 Å². The number of ether oxygens (including phenoxy) is 1. The number of rotatable bonds is 7. The van der Waals surface area contributed by atoms with Gasteiger partial charge in [-0.3, -0.25) is 14.4 Å². The lowest BCUT2D eigenvalue weighted by Crippen LogP contribution is -2.42. The minimum Gasteiger partial charge on any atom is -0.451 e. The van der Waals surface area contributed by atoms with Gasteiger partial charge in [0.15, 0.2) is 11.9 Å². The summed E-state index contributed by atoms with van der Waals surface area (Å²) in [4.78, 5) is 33.6. The van der Waals surface area contributed by atoms with E-state index in [4.69, 9.17) is 10.5 Å². The highest BCUT2D eigenvalue weighted by Gasteiger charge is 2.25. The van der Waals surface area contributed by atoms with E-state index in [0.717, 1.165) is 0 Å². The van der Waals surface area contributed by atoms with Crippen LogP contribution in [0.2, 0.25) is 0 Å². The third-order valence-corrected chi connectivity index (χ3v) is 4.51. The van der Waals surface area contributed by atoms with Gasteiger partial charge < -0.3 is 10.5 Å². The largest absolute Gasteiger partial charge is 0.451 e. The van der Waals surface area contributed by atoms with Gasteiger partial charge in [-0.1, -0.05) is 12.1 Å². The van der Waals surface area contributed by atoms with E-state index in [9.17, 15) is 22.8 Å². The summed E-state index contributed by atoms with van der Waals surface area (Å²) in [5, 5.41) is 0. The molecule has 0 saturated carbocycles. The molecule has 2 atom stereocenters. The minimum atomic E-state index is -3.98. The Bertz CT molecular complexity index is 711. The number of amides is 1. The van der Waals surface area contributed by atoms with Gasteiger partial charge in [-0.15, -0.1) is 0 Å². The quantitative estimate of drug-likeness (QED) is 0.528. The summed E-state index contributed by atoms with van der Waals surface area (Å²) < 4.78 is 31.2. The van der Waals surface area contributed by atoms with Crippen molar-refractivity contribution in [3.05, 3.63) is 29.8 Å². The molecule has 1 aromatic carbocycles. The Balaban J connectivity index is 2.83. The first kappa shape index (κ1) is 18.8. The molecule has 0 radical (unpaired) electrons. The molecule has 1 rings (SSSR count). The molecular weight excluding hydrogens is 324 g/mol. The third kappa shape index (κ3) is 5.15. The molecule has 0 fully saturated rings. The van der Waals surface area contributed by atoms with Crippen LogP contribution in [-0.2, 0) is 24.3 Å². The average molecular weight is 342 g/mol. The molecule has 126 valence electrons. The highest BCUT2D eigenvalue weighted by Crippen LogP contribution is 2.12. The second kappa shape index (κ2) is 7.34. The topological polar surface area (TPSA) is 133 Å². The number of sulfonamides is 1. The summed E-state index contributed by atoms with van der Waals surface area (Å²) in [7, 11) is -3.98. The van der Waals surface area contributed by atoms with Crippen molar-refractivity contribution in [1.29, 1.82) is 0 Å². The van der Waals surface area contributed by atoms with Crippen molar-refractivity contribution in [2.75, 3.05) is 0 Å². The number of carbonyl (C=O) groups excluding carboxylic acids is 3. The Labute approximate surface area is 134 Å². The number of primary amides is 1. The van der Waals surface area contributed by atoms with E-state index >= 15 is 0 Å². The smallest absolute Gasteiger partial charge is 0.324 e. The first-order valence-electron chi connectivity index (χ1n) is 6.67. The summed E-state index contributed by atoms with van der Waals surface area (Å²) >= 11 is 0. The minimum absolute atomic E-state index is 0.106. The molecule has 0 aliphatic rings. The second-order valence-corrected chi connectivity index (χ2v) is 6.62. The van der Waals surface area contributed by atoms with Crippen LogP contribution in [0.25, 0.3) is 0 Å². The number of carbonyl (C=O) groups is 3. The molecule has 1 amide bonds. The maximum atomic E-state index is 12.2. The summed E-state index contributed by atoms with van der Waals surface area (Å²) in [5.74, 6) is -1.97. The number of ketones is 1. The molecule has 0 aliphatic heterocycles. The fraction of sp³-hybridized carbons (Fsp3) is 0.357. The first-order valence-corrected chi connectivity index (χ1v) is 8.16. The van der Waals surface area contributed by atoms with Crippen LogP contribution < -0.4 is 10.5 Å². The zero-order valence-corrected chi connectivity index (χ0v) is 13.7. The van der Waals surface area contributed by atoms with Gasteiger partial charge in [0.05, 0.1) is 4.90 Å². The van der Waals surface area contributed by atoms with Crippen molar-refractivity contribution in [3.63, 3.8) is 0 Å². The molecule has 0 bridgehead atoms. The van der Waals surface area contributed by atoms with E-state index in [2.05, 4.69) is 4.72 Å². The monoisotopic (exact) mass is 342 g/mol. The van der Waals surface area contributed by atoms with Crippen molar-refractivity contribution in [1.82, 2.24) is 4.72 Å². The van der Waals surface area contributed by atoms with Crippen LogP contribution in [0.1, 0.15) is 31.1 Å². The zero-order chi connectivity index (χ0) is 17.8. The average Bonchev–Trinajstić information content (AvgIpc) is 2.46. The normalized spacial score (nSPS) is 13.9. The number of benzene rings is 1. The number of nitrogens with two attached hydrogens (primary N) is 1. The van der Waals surface area contributed by atoms with Crippen LogP contribution >= 0.6 is 0 Å². The molecular formula is C14H18N2O6S. The summed E-state index contributed by atoms with van der Waals surface area (Å²) in [6, 6.07) is 4.03. The highest BCUT2D eigenvalue weighted by atomic mass is 32.2. The molecule has 3 N–H and O–H groups in total. The number of Topliss-reactive ketones (excluding diaryl/α,β-unsaturated/α-hetero) is 1. The molecule has 0 aliphatic carbocycles. The molecule has 0 heterocycles. The Morgan fingerprint density at radius 2 is 1.65 bits per heavy atom. The lowest BCUT2D eigenvalue weighted by atomic mass is 10.2. The van der Waals surface area contributed by atoms with Crippen LogP contribution in [0.5, 0.6) is 0 Å². The predicted molar refractivity (Wildman–Crippen MR) is 81.0 cm³/mol. The fourth-order valence-electron chi connectivity index (χ4n) is 1.55. The van der Waals surface area contributed by atoms with E-state index in [-0.39, 0.29) is 10.7 Å². The summed E-state index contributed by atoms with van der Waals surface area (Å²) in [5.41, 5.74) is 5.33. The van der Waals surface area contributed by atoms with E-state index in [0.29, 0.717) is 5.56 Å². The van der Waals surface area contributed by atoms with E-state index in [1.165, 1.54) is 45.0 Å². The van der Waals surface area contributed by atoms with Crippen molar-refractivity contribution in [2.24, 2.45) is 5.73 Å². The van der Waals surface area contributed by atoms with Crippen molar-refractivity contribution < 1.29 is 27.5 Å². The summed E-state index contributed by atoms with van der Waals surface area (Å²) in [6.07, 6.45) is -1.16. The summed E-state index contributed by atoms with van der Waals surface area (Å²) in [6.45, 7) is 3.92. The maximum Gasteiger partial charge on any atom is 0.324 e. The van der Waals surface area contributed by atoms with Crippen molar-refractivity contribution in [2.45, 2.75) is 37.8 Å². The van der Waals surface area contributed by atoms with E-state index in [1.807, 2.05) is 0 Å². The van der Waals surface area contributed by atoms with Crippen molar-refractivity contribution >= 4 is 27.7 Å². The Morgan fingerprint density at radius 1 is 1.13 bits per heavy atom. The van der Waals surface area contributed by atoms with Gasteiger partial charge in [0.2, 0.25) is 10.0 Å². The van der Waals surface area contributed by atoms with Gasteiger partial charge in [-0.05, 0) is 32.9 Å². The molecule has 0 saturated heterocycles. The Morgan fingerprint density at radius 3 is 2.09 bits per heavy atom. The number of nitrogens with one attached hydrogen (secondary N) is 1. The highest BCUT2D eigenvalue weighted by molar-refractivity contribution is 7.89. The first-order chi connectivity index (χ1) is 10.5.